The monoisotopic (exact) mass is 452 g/mol. The van der Waals surface area contributed by atoms with Crippen molar-refractivity contribution in [2.24, 2.45) is 0 Å². The van der Waals surface area contributed by atoms with Crippen molar-refractivity contribution in [1.29, 1.82) is 0 Å². The van der Waals surface area contributed by atoms with Crippen LogP contribution >= 0.6 is 0 Å². The van der Waals surface area contributed by atoms with Crippen LogP contribution in [0.4, 0.5) is 5.82 Å². The van der Waals surface area contributed by atoms with Crippen LogP contribution in [0.25, 0.3) is 27.8 Å². The molecule has 1 N–H and O–H groups in total. The van der Waals surface area contributed by atoms with Gasteiger partial charge in [-0.3, -0.25) is 4.98 Å². The number of pyridine rings is 1. The zero-order valence-corrected chi connectivity index (χ0v) is 19.0. The summed E-state index contributed by atoms with van der Waals surface area (Å²) in [6.45, 7) is 2.68. The number of ether oxygens (including phenoxy) is 2. The van der Waals surface area contributed by atoms with Crippen molar-refractivity contribution < 1.29 is 14.3 Å². The molecule has 7 heteroatoms. The van der Waals surface area contributed by atoms with Gasteiger partial charge in [0.25, 0.3) is 0 Å². The number of carbonyl (C=O) groups excluding carboxylic acids is 1. The van der Waals surface area contributed by atoms with Crippen LogP contribution in [0.1, 0.15) is 22.8 Å². The largest absolute Gasteiger partial charge is 0.497 e. The molecule has 0 fully saturated rings. The molecular formula is C27H24N4O3. The number of esters is 1. The number of methoxy groups -OCH3 is 1. The lowest BCUT2D eigenvalue weighted by atomic mass is 10.1. The summed E-state index contributed by atoms with van der Waals surface area (Å²) in [5.74, 6) is 1.13. The minimum Gasteiger partial charge on any atom is -0.497 e. The Morgan fingerprint density at radius 1 is 1.03 bits per heavy atom. The van der Waals surface area contributed by atoms with E-state index in [1.54, 1.807) is 26.4 Å². The van der Waals surface area contributed by atoms with Crippen molar-refractivity contribution in [3.63, 3.8) is 0 Å². The molecule has 5 rings (SSSR count). The van der Waals surface area contributed by atoms with Gasteiger partial charge in [0.2, 0.25) is 0 Å². The number of fused-ring (bicyclic) bond motifs is 3. The average Bonchev–Trinajstić information content (AvgIpc) is 3.34. The molecule has 2 aromatic carbocycles. The first kappa shape index (κ1) is 21.5. The third-order valence-electron chi connectivity index (χ3n) is 5.62. The second-order valence-electron chi connectivity index (χ2n) is 7.79. The van der Waals surface area contributed by atoms with Crippen molar-refractivity contribution in [3.8, 4) is 17.0 Å². The fourth-order valence-electron chi connectivity index (χ4n) is 3.92. The Bertz CT molecular complexity index is 1460. The highest BCUT2D eigenvalue weighted by Crippen LogP contribution is 2.28. The summed E-state index contributed by atoms with van der Waals surface area (Å²) < 4.78 is 12.4. The molecule has 3 heterocycles. The molecule has 0 saturated heterocycles. The molecule has 0 unspecified atom stereocenters. The fraction of sp³-hybridized carbons (Fsp3) is 0.148. The highest BCUT2D eigenvalue weighted by molar-refractivity contribution is 5.95. The van der Waals surface area contributed by atoms with Crippen LogP contribution in [-0.2, 0) is 11.3 Å². The SMILES string of the molecule is CCOC(=O)c1cc2c(NCc3ccc(OC)cc3)nc3cc(-c4ccccn4)ccc3n2c1. The van der Waals surface area contributed by atoms with Gasteiger partial charge in [-0.15, -0.1) is 0 Å². The zero-order valence-electron chi connectivity index (χ0n) is 19.0. The molecule has 0 saturated carbocycles. The van der Waals surface area contributed by atoms with Crippen LogP contribution in [0.2, 0.25) is 0 Å². The van der Waals surface area contributed by atoms with E-state index in [-0.39, 0.29) is 5.97 Å². The fourth-order valence-corrected chi connectivity index (χ4v) is 3.92. The normalized spacial score (nSPS) is 11.0. The number of hydrogen-bond donors (Lipinski definition) is 1. The lowest BCUT2D eigenvalue weighted by molar-refractivity contribution is 0.0526. The van der Waals surface area contributed by atoms with Crippen LogP contribution in [0.3, 0.4) is 0 Å². The van der Waals surface area contributed by atoms with Gasteiger partial charge in [-0.05, 0) is 55.0 Å². The molecule has 0 atom stereocenters. The number of nitrogens with zero attached hydrogens (tertiary/aromatic N) is 3. The van der Waals surface area contributed by atoms with E-state index in [0.29, 0.717) is 24.5 Å². The van der Waals surface area contributed by atoms with Gasteiger partial charge in [0.05, 0.1) is 41.5 Å². The molecule has 0 bridgehead atoms. The quantitative estimate of drug-likeness (QED) is 0.336. The summed E-state index contributed by atoms with van der Waals surface area (Å²) in [5, 5.41) is 3.44. The van der Waals surface area contributed by atoms with Crippen LogP contribution in [0.15, 0.2) is 79.1 Å². The van der Waals surface area contributed by atoms with Gasteiger partial charge in [-0.2, -0.15) is 0 Å². The zero-order chi connectivity index (χ0) is 23.5. The molecule has 7 nitrogen and oxygen atoms in total. The maximum atomic E-state index is 12.4. The maximum absolute atomic E-state index is 12.4. The lowest BCUT2D eigenvalue weighted by Gasteiger charge is -2.12. The Morgan fingerprint density at radius 2 is 1.88 bits per heavy atom. The number of hydrogen-bond acceptors (Lipinski definition) is 6. The standard InChI is InChI=1S/C27H24N4O3/c1-3-34-27(32)20-15-25-26(29-16-18-7-10-21(33-2)11-8-18)30-23-14-19(22-6-4-5-13-28-22)9-12-24(23)31(25)17-20/h4-15,17H,3,16H2,1-2H3,(H,29,30). The lowest BCUT2D eigenvalue weighted by Crippen LogP contribution is -2.04. The molecule has 0 amide bonds. The Labute approximate surface area is 197 Å². The summed E-state index contributed by atoms with van der Waals surface area (Å²) in [6.07, 6.45) is 3.58. The topological polar surface area (TPSA) is 77.8 Å². The number of carbonyl (C=O) groups is 1. The second-order valence-corrected chi connectivity index (χ2v) is 7.79. The van der Waals surface area contributed by atoms with E-state index in [9.17, 15) is 4.79 Å². The summed E-state index contributed by atoms with van der Waals surface area (Å²) in [6, 6.07) is 21.5. The minimum absolute atomic E-state index is 0.319. The predicted octanol–water partition coefficient (Wildman–Crippen LogP) is 5.35. The average molecular weight is 453 g/mol. The van der Waals surface area contributed by atoms with Gasteiger partial charge in [-0.25, -0.2) is 9.78 Å². The van der Waals surface area contributed by atoms with Gasteiger partial charge in [0.1, 0.15) is 5.75 Å². The van der Waals surface area contributed by atoms with Gasteiger partial charge in [0, 0.05) is 24.5 Å². The number of rotatable bonds is 7. The summed E-state index contributed by atoms with van der Waals surface area (Å²) in [7, 11) is 1.65. The van der Waals surface area contributed by atoms with Gasteiger partial charge >= 0.3 is 5.97 Å². The molecule has 170 valence electrons. The molecule has 0 aliphatic carbocycles. The molecule has 3 aromatic heterocycles. The highest BCUT2D eigenvalue weighted by atomic mass is 16.5. The number of benzene rings is 2. The Morgan fingerprint density at radius 3 is 2.62 bits per heavy atom. The molecule has 0 aliphatic heterocycles. The molecule has 0 radical (unpaired) electrons. The first-order valence-electron chi connectivity index (χ1n) is 11.1. The van der Waals surface area contributed by atoms with E-state index >= 15 is 0 Å². The Balaban J connectivity index is 1.59. The van der Waals surface area contributed by atoms with E-state index in [4.69, 9.17) is 14.5 Å². The van der Waals surface area contributed by atoms with Crippen molar-refractivity contribution in [2.45, 2.75) is 13.5 Å². The van der Waals surface area contributed by atoms with Crippen LogP contribution in [0, 0.1) is 0 Å². The van der Waals surface area contributed by atoms with E-state index in [0.717, 1.165) is 39.1 Å². The number of nitrogens with one attached hydrogen (secondary N) is 1. The minimum atomic E-state index is -0.356. The maximum Gasteiger partial charge on any atom is 0.339 e. The Hall–Kier alpha value is -4.39. The van der Waals surface area contributed by atoms with Crippen LogP contribution < -0.4 is 10.1 Å². The van der Waals surface area contributed by atoms with Crippen molar-refractivity contribution in [2.75, 3.05) is 19.0 Å². The van der Waals surface area contributed by atoms with Crippen LogP contribution in [0.5, 0.6) is 5.75 Å². The molecule has 5 aromatic rings. The van der Waals surface area contributed by atoms with E-state index in [1.165, 1.54) is 0 Å². The van der Waals surface area contributed by atoms with Crippen molar-refractivity contribution >= 4 is 28.3 Å². The molecule has 34 heavy (non-hydrogen) atoms. The molecule has 0 spiro atoms. The predicted molar refractivity (Wildman–Crippen MR) is 132 cm³/mol. The molecular weight excluding hydrogens is 428 g/mol. The first-order chi connectivity index (χ1) is 16.7. The van der Waals surface area contributed by atoms with Gasteiger partial charge < -0.3 is 19.2 Å². The first-order valence-corrected chi connectivity index (χ1v) is 11.1. The van der Waals surface area contributed by atoms with Gasteiger partial charge in [-0.1, -0.05) is 24.3 Å². The van der Waals surface area contributed by atoms with Crippen molar-refractivity contribution in [1.82, 2.24) is 14.4 Å². The van der Waals surface area contributed by atoms with Crippen molar-refractivity contribution in [3.05, 3.63) is 90.3 Å². The Kier molecular flexibility index (Phi) is 5.82. The summed E-state index contributed by atoms with van der Waals surface area (Å²) in [5.41, 5.74) is 5.89. The van der Waals surface area contributed by atoms with Gasteiger partial charge in [0.15, 0.2) is 5.82 Å². The summed E-state index contributed by atoms with van der Waals surface area (Å²) >= 11 is 0. The van der Waals surface area contributed by atoms with E-state index in [2.05, 4.69) is 10.3 Å². The third kappa shape index (κ3) is 4.15. The van der Waals surface area contributed by atoms with Crippen LogP contribution in [-0.4, -0.2) is 34.1 Å². The smallest absolute Gasteiger partial charge is 0.339 e. The van der Waals surface area contributed by atoms with E-state index < -0.39 is 0 Å². The molecule has 0 aliphatic rings. The highest BCUT2D eigenvalue weighted by Gasteiger charge is 2.16. The third-order valence-corrected chi connectivity index (χ3v) is 5.62. The second kappa shape index (κ2) is 9.23. The summed E-state index contributed by atoms with van der Waals surface area (Å²) in [4.78, 5) is 21.8. The number of anilines is 1. The van der Waals surface area contributed by atoms with E-state index in [1.807, 2.05) is 71.1 Å². The number of aromatic nitrogens is 3.